The van der Waals surface area contributed by atoms with E-state index in [0.717, 1.165) is 30.5 Å². The van der Waals surface area contributed by atoms with Gasteiger partial charge in [-0.05, 0) is 38.8 Å². The van der Waals surface area contributed by atoms with Crippen molar-refractivity contribution in [2.75, 3.05) is 13.1 Å². The molecule has 1 unspecified atom stereocenters. The standard InChI is InChI=1S/C17H27NO/c1-5-7-12-18(15(4)6-2)13-17(19)16-11-9-8-10-14(16)3/h8-11,15H,5-7,12-13H2,1-4H3. The Labute approximate surface area is 117 Å². The minimum absolute atomic E-state index is 0.245. The molecule has 0 saturated carbocycles. The van der Waals surface area contributed by atoms with Crippen LogP contribution >= 0.6 is 0 Å². The van der Waals surface area contributed by atoms with Gasteiger partial charge >= 0.3 is 0 Å². The number of carbonyl (C=O) groups is 1. The molecule has 0 radical (unpaired) electrons. The van der Waals surface area contributed by atoms with Gasteiger partial charge in [-0.2, -0.15) is 0 Å². The lowest BCUT2D eigenvalue weighted by molar-refractivity contribution is 0.0894. The fourth-order valence-electron chi connectivity index (χ4n) is 2.23. The Morgan fingerprint density at radius 1 is 1.26 bits per heavy atom. The first-order valence-electron chi connectivity index (χ1n) is 7.43. The summed E-state index contributed by atoms with van der Waals surface area (Å²) in [4.78, 5) is 14.7. The molecule has 0 saturated heterocycles. The van der Waals surface area contributed by atoms with Crippen molar-refractivity contribution >= 4 is 5.78 Å². The molecule has 0 aliphatic carbocycles. The number of hydrogen-bond acceptors (Lipinski definition) is 2. The van der Waals surface area contributed by atoms with Crippen LogP contribution in [0.1, 0.15) is 56.0 Å². The third-order valence-corrected chi connectivity index (χ3v) is 3.81. The third-order valence-electron chi connectivity index (χ3n) is 3.81. The molecular weight excluding hydrogens is 234 g/mol. The number of unbranched alkanes of at least 4 members (excludes halogenated alkanes) is 1. The fourth-order valence-corrected chi connectivity index (χ4v) is 2.23. The van der Waals surface area contributed by atoms with Gasteiger partial charge in [0.1, 0.15) is 0 Å². The Kier molecular flexibility index (Phi) is 6.79. The minimum Gasteiger partial charge on any atom is -0.293 e. The van der Waals surface area contributed by atoms with E-state index in [1.165, 1.54) is 6.42 Å². The number of aryl methyl sites for hydroxylation is 1. The highest BCUT2D eigenvalue weighted by molar-refractivity contribution is 5.98. The van der Waals surface area contributed by atoms with Gasteiger partial charge in [0.2, 0.25) is 0 Å². The van der Waals surface area contributed by atoms with Gasteiger partial charge in [0.15, 0.2) is 5.78 Å². The fraction of sp³-hybridized carbons (Fsp3) is 0.588. The van der Waals surface area contributed by atoms with Gasteiger partial charge in [-0.3, -0.25) is 9.69 Å². The van der Waals surface area contributed by atoms with Crippen molar-refractivity contribution in [3.63, 3.8) is 0 Å². The van der Waals surface area contributed by atoms with Crippen molar-refractivity contribution in [3.8, 4) is 0 Å². The van der Waals surface area contributed by atoms with Crippen LogP contribution in [0.3, 0.4) is 0 Å². The summed E-state index contributed by atoms with van der Waals surface area (Å²) in [6, 6.07) is 8.34. The van der Waals surface area contributed by atoms with Gasteiger partial charge < -0.3 is 0 Å². The molecule has 0 fully saturated rings. The molecule has 2 nitrogen and oxygen atoms in total. The molecule has 19 heavy (non-hydrogen) atoms. The van der Waals surface area contributed by atoms with E-state index in [-0.39, 0.29) is 5.78 Å². The van der Waals surface area contributed by atoms with Crippen molar-refractivity contribution in [3.05, 3.63) is 35.4 Å². The van der Waals surface area contributed by atoms with Crippen LogP contribution in [0.15, 0.2) is 24.3 Å². The Hall–Kier alpha value is -1.15. The molecule has 1 atom stereocenters. The molecule has 0 N–H and O–H groups in total. The second-order valence-corrected chi connectivity index (χ2v) is 5.32. The van der Waals surface area contributed by atoms with Crippen molar-refractivity contribution in [1.82, 2.24) is 4.90 Å². The molecule has 0 aliphatic rings. The van der Waals surface area contributed by atoms with E-state index in [2.05, 4.69) is 25.7 Å². The largest absolute Gasteiger partial charge is 0.293 e. The lowest BCUT2D eigenvalue weighted by atomic mass is 10.0. The Bertz CT molecular complexity index is 400. The normalized spacial score (nSPS) is 12.7. The van der Waals surface area contributed by atoms with Crippen LogP contribution in [0.25, 0.3) is 0 Å². The predicted octanol–water partition coefficient (Wildman–Crippen LogP) is 4.08. The van der Waals surface area contributed by atoms with Gasteiger partial charge in [0, 0.05) is 11.6 Å². The number of benzene rings is 1. The highest BCUT2D eigenvalue weighted by atomic mass is 16.1. The summed E-state index contributed by atoms with van der Waals surface area (Å²) in [7, 11) is 0. The first-order valence-corrected chi connectivity index (χ1v) is 7.43. The van der Waals surface area contributed by atoms with Gasteiger partial charge in [0.05, 0.1) is 6.54 Å². The van der Waals surface area contributed by atoms with Crippen molar-refractivity contribution in [2.45, 2.75) is 53.0 Å². The van der Waals surface area contributed by atoms with Crippen LogP contribution in [-0.4, -0.2) is 29.8 Å². The van der Waals surface area contributed by atoms with Crippen molar-refractivity contribution in [2.24, 2.45) is 0 Å². The van der Waals surface area contributed by atoms with Crippen molar-refractivity contribution < 1.29 is 4.79 Å². The molecule has 1 rings (SSSR count). The molecule has 0 spiro atoms. The van der Waals surface area contributed by atoms with Gasteiger partial charge in [0.25, 0.3) is 0 Å². The van der Waals surface area contributed by atoms with Gasteiger partial charge in [-0.15, -0.1) is 0 Å². The molecule has 0 aliphatic heterocycles. The van der Waals surface area contributed by atoms with E-state index in [1.807, 2.05) is 31.2 Å². The maximum Gasteiger partial charge on any atom is 0.177 e. The quantitative estimate of drug-likeness (QED) is 0.657. The molecule has 1 aromatic rings. The van der Waals surface area contributed by atoms with Crippen LogP contribution < -0.4 is 0 Å². The van der Waals surface area contributed by atoms with E-state index in [4.69, 9.17) is 0 Å². The van der Waals surface area contributed by atoms with E-state index >= 15 is 0 Å². The van der Waals surface area contributed by atoms with E-state index < -0.39 is 0 Å². The van der Waals surface area contributed by atoms with Crippen LogP contribution in [-0.2, 0) is 0 Å². The number of nitrogens with zero attached hydrogens (tertiary/aromatic N) is 1. The van der Waals surface area contributed by atoms with Crippen molar-refractivity contribution in [1.29, 1.82) is 0 Å². The molecule has 0 amide bonds. The van der Waals surface area contributed by atoms with E-state index in [1.54, 1.807) is 0 Å². The zero-order valence-electron chi connectivity index (χ0n) is 12.8. The zero-order valence-corrected chi connectivity index (χ0v) is 12.8. The van der Waals surface area contributed by atoms with Crippen LogP contribution in [0, 0.1) is 6.92 Å². The van der Waals surface area contributed by atoms with E-state index in [9.17, 15) is 4.79 Å². The maximum atomic E-state index is 12.4. The van der Waals surface area contributed by atoms with Gasteiger partial charge in [-0.25, -0.2) is 0 Å². The maximum absolute atomic E-state index is 12.4. The smallest absolute Gasteiger partial charge is 0.177 e. The first-order chi connectivity index (χ1) is 9.10. The summed E-state index contributed by atoms with van der Waals surface area (Å²) in [5, 5.41) is 0. The van der Waals surface area contributed by atoms with E-state index in [0.29, 0.717) is 12.6 Å². The molecule has 0 bridgehead atoms. The summed E-state index contributed by atoms with van der Waals surface area (Å²) in [6.45, 7) is 10.1. The lowest BCUT2D eigenvalue weighted by Gasteiger charge is -2.27. The lowest BCUT2D eigenvalue weighted by Crippen LogP contribution is -2.38. The highest BCUT2D eigenvalue weighted by Crippen LogP contribution is 2.12. The SMILES string of the molecule is CCCCN(CC(=O)c1ccccc1C)C(C)CC. The van der Waals surface area contributed by atoms with Crippen LogP contribution in [0.5, 0.6) is 0 Å². The highest BCUT2D eigenvalue weighted by Gasteiger charge is 2.17. The van der Waals surface area contributed by atoms with Crippen LogP contribution in [0.4, 0.5) is 0 Å². The molecule has 2 heteroatoms. The summed E-state index contributed by atoms with van der Waals surface area (Å²) in [5.74, 6) is 0.245. The summed E-state index contributed by atoms with van der Waals surface area (Å²) in [6.07, 6.45) is 3.42. The molecule has 0 heterocycles. The number of hydrogen-bond donors (Lipinski definition) is 0. The second-order valence-electron chi connectivity index (χ2n) is 5.32. The zero-order chi connectivity index (χ0) is 14.3. The predicted molar refractivity (Wildman–Crippen MR) is 81.7 cm³/mol. The average Bonchev–Trinajstić information content (AvgIpc) is 2.42. The number of ketones is 1. The summed E-state index contributed by atoms with van der Waals surface area (Å²) >= 11 is 0. The molecule has 1 aromatic carbocycles. The minimum atomic E-state index is 0.245. The molecular formula is C17H27NO. The first kappa shape index (κ1) is 15.9. The molecule has 0 aromatic heterocycles. The summed E-state index contributed by atoms with van der Waals surface area (Å²) in [5.41, 5.74) is 1.94. The monoisotopic (exact) mass is 261 g/mol. The molecule has 106 valence electrons. The summed E-state index contributed by atoms with van der Waals surface area (Å²) < 4.78 is 0. The van der Waals surface area contributed by atoms with Crippen LogP contribution in [0.2, 0.25) is 0 Å². The second kappa shape index (κ2) is 8.11. The third kappa shape index (κ3) is 4.79. The average molecular weight is 261 g/mol. The van der Waals surface area contributed by atoms with Gasteiger partial charge in [-0.1, -0.05) is 44.5 Å². The Morgan fingerprint density at radius 2 is 1.95 bits per heavy atom. The number of rotatable bonds is 8. The number of Topliss-reactive ketones (excluding diaryl/α,β-unsaturated/α-hetero) is 1. The Morgan fingerprint density at radius 3 is 2.53 bits per heavy atom. The number of carbonyl (C=O) groups excluding carboxylic acids is 1. The topological polar surface area (TPSA) is 20.3 Å². The Balaban J connectivity index is 2.73.